The summed E-state index contributed by atoms with van der Waals surface area (Å²) in [7, 11) is 0. The predicted octanol–water partition coefficient (Wildman–Crippen LogP) is 4.03. The summed E-state index contributed by atoms with van der Waals surface area (Å²) in [6.45, 7) is 0.292. The van der Waals surface area contributed by atoms with Crippen molar-refractivity contribution in [2.75, 3.05) is 5.32 Å². The maximum Gasteiger partial charge on any atom is 0.426 e. The number of anilines is 1. The molecule has 1 aliphatic carbocycles. The lowest BCUT2D eigenvalue weighted by atomic mass is 9.92. The molecule has 1 amide bonds. The predicted molar refractivity (Wildman–Crippen MR) is 82.9 cm³/mol. The van der Waals surface area contributed by atoms with Crippen LogP contribution in [0.25, 0.3) is 11.0 Å². The molecule has 0 spiro atoms. The quantitative estimate of drug-likeness (QED) is 0.772. The third-order valence-corrected chi connectivity index (χ3v) is 4.68. The summed E-state index contributed by atoms with van der Waals surface area (Å²) in [6.07, 6.45) is -7.88. The summed E-state index contributed by atoms with van der Waals surface area (Å²) in [5.41, 5.74) is -4.46. The lowest BCUT2D eigenvalue weighted by Gasteiger charge is -2.30. The standard InChI is InChI=1S/C16H15F6N3O2/c1-14(27,16(20,21)22)12(26)24-13-23-10-6-5-8(15(17,18)19)7-11(10)25(13)9-3-2-4-9/h5-7,9,27H,2-4H2,1H3,(H,23,24,26)/t14-/m1/s1. The van der Waals surface area contributed by atoms with Gasteiger partial charge in [0.25, 0.3) is 5.91 Å². The molecule has 5 nitrogen and oxygen atoms in total. The van der Waals surface area contributed by atoms with Crippen molar-refractivity contribution in [2.24, 2.45) is 0 Å². The minimum Gasteiger partial charge on any atom is -0.373 e. The molecule has 0 unspecified atom stereocenters. The first-order valence-electron chi connectivity index (χ1n) is 8.02. The number of hydrogen-bond donors (Lipinski definition) is 2. The molecule has 1 atom stereocenters. The zero-order valence-corrected chi connectivity index (χ0v) is 13.9. The molecule has 3 rings (SSSR count). The fraction of sp³-hybridized carbons (Fsp3) is 0.500. The molecule has 1 aromatic carbocycles. The van der Waals surface area contributed by atoms with E-state index in [9.17, 15) is 36.2 Å². The van der Waals surface area contributed by atoms with Crippen LogP contribution in [0.2, 0.25) is 0 Å². The number of amides is 1. The zero-order chi connectivity index (χ0) is 20.2. The number of nitrogens with zero attached hydrogens (tertiary/aromatic N) is 2. The molecule has 148 valence electrons. The fourth-order valence-electron chi connectivity index (χ4n) is 2.72. The second-order valence-corrected chi connectivity index (χ2v) is 6.62. The zero-order valence-electron chi connectivity index (χ0n) is 13.9. The molecule has 2 N–H and O–H groups in total. The molecule has 0 aliphatic heterocycles. The summed E-state index contributed by atoms with van der Waals surface area (Å²) >= 11 is 0. The molecule has 2 aromatic rings. The van der Waals surface area contributed by atoms with Crippen molar-refractivity contribution in [1.29, 1.82) is 0 Å². The number of hydrogen-bond acceptors (Lipinski definition) is 3. The van der Waals surface area contributed by atoms with Crippen molar-refractivity contribution in [1.82, 2.24) is 9.55 Å². The second-order valence-electron chi connectivity index (χ2n) is 6.62. The maximum absolute atomic E-state index is 13.0. The minimum absolute atomic E-state index is 0.0523. The first kappa shape index (κ1) is 19.5. The molecule has 27 heavy (non-hydrogen) atoms. The van der Waals surface area contributed by atoms with E-state index >= 15 is 0 Å². The van der Waals surface area contributed by atoms with Gasteiger partial charge in [-0.2, -0.15) is 26.3 Å². The highest BCUT2D eigenvalue weighted by Crippen LogP contribution is 2.40. The molecular formula is C16H15F6N3O2. The third kappa shape index (κ3) is 3.35. The average Bonchev–Trinajstić information content (AvgIpc) is 2.81. The Morgan fingerprint density at radius 2 is 1.85 bits per heavy atom. The van der Waals surface area contributed by atoms with Crippen molar-refractivity contribution in [3.8, 4) is 0 Å². The Bertz CT molecular complexity index is 881. The molecule has 0 saturated heterocycles. The van der Waals surface area contributed by atoms with Gasteiger partial charge in [0.2, 0.25) is 11.5 Å². The van der Waals surface area contributed by atoms with Gasteiger partial charge in [-0.25, -0.2) is 4.98 Å². The lowest BCUT2D eigenvalue weighted by molar-refractivity contribution is -0.242. The molecule has 1 saturated carbocycles. The van der Waals surface area contributed by atoms with E-state index in [0.717, 1.165) is 24.6 Å². The number of nitrogens with one attached hydrogen (secondary N) is 1. The van der Waals surface area contributed by atoms with E-state index < -0.39 is 29.4 Å². The second kappa shape index (κ2) is 6.11. The van der Waals surface area contributed by atoms with Gasteiger partial charge in [-0.3, -0.25) is 10.1 Å². The van der Waals surface area contributed by atoms with Crippen LogP contribution in [0.15, 0.2) is 18.2 Å². The number of fused-ring (bicyclic) bond motifs is 1. The number of rotatable bonds is 3. The van der Waals surface area contributed by atoms with E-state index in [1.165, 1.54) is 4.57 Å². The smallest absolute Gasteiger partial charge is 0.373 e. The van der Waals surface area contributed by atoms with E-state index in [1.54, 1.807) is 0 Å². The minimum atomic E-state index is -5.23. The normalized spacial score (nSPS) is 18.2. The first-order chi connectivity index (χ1) is 12.3. The van der Waals surface area contributed by atoms with Crippen LogP contribution >= 0.6 is 0 Å². The Morgan fingerprint density at radius 1 is 1.22 bits per heavy atom. The molecule has 1 aromatic heterocycles. The monoisotopic (exact) mass is 395 g/mol. The molecular weight excluding hydrogens is 380 g/mol. The van der Waals surface area contributed by atoms with Gasteiger partial charge >= 0.3 is 12.4 Å². The summed E-state index contributed by atoms with van der Waals surface area (Å²) < 4.78 is 78.8. The van der Waals surface area contributed by atoms with Gasteiger partial charge in [-0.05, 0) is 44.4 Å². The largest absolute Gasteiger partial charge is 0.426 e. The SMILES string of the molecule is C[C@@](O)(C(=O)Nc1nc2ccc(C(F)(F)F)cc2n1C1CCC1)C(F)(F)F. The number of carbonyl (C=O) groups is 1. The topological polar surface area (TPSA) is 67.2 Å². The van der Waals surface area contributed by atoms with Crippen molar-refractivity contribution in [2.45, 2.75) is 50.2 Å². The van der Waals surface area contributed by atoms with Gasteiger partial charge in [-0.15, -0.1) is 0 Å². The molecule has 1 fully saturated rings. The number of alkyl halides is 6. The highest BCUT2D eigenvalue weighted by molar-refractivity contribution is 5.97. The van der Waals surface area contributed by atoms with Crippen molar-refractivity contribution < 1.29 is 36.2 Å². The summed E-state index contributed by atoms with van der Waals surface area (Å²) in [5, 5.41) is 11.4. The highest BCUT2D eigenvalue weighted by atomic mass is 19.4. The van der Waals surface area contributed by atoms with Gasteiger partial charge in [0.1, 0.15) is 0 Å². The van der Waals surface area contributed by atoms with Crippen LogP contribution in [0.3, 0.4) is 0 Å². The van der Waals surface area contributed by atoms with Crippen molar-refractivity contribution in [3.05, 3.63) is 23.8 Å². The Kier molecular flexibility index (Phi) is 4.41. The number of aliphatic hydroxyl groups is 1. The van der Waals surface area contributed by atoms with Gasteiger partial charge in [0.05, 0.1) is 16.6 Å². The van der Waals surface area contributed by atoms with Crippen molar-refractivity contribution in [3.63, 3.8) is 0 Å². The Hall–Kier alpha value is -2.30. The number of imidazole rings is 1. The molecule has 0 radical (unpaired) electrons. The third-order valence-electron chi connectivity index (χ3n) is 4.68. The molecule has 1 aliphatic rings. The Balaban J connectivity index is 2.06. The number of aromatic nitrogens is 2. The summed E-state index contributed by atoms with van der Waals surface area (Å²) in [4.78, 5) is 15.9. The van der Waals surface area contributed by atoms with E-state index in [0.29, 0.717) is 19.8 Å². The van der Waals surface area contributed by atoms with Crippen LogP contribution in [0.4, 0.5) is 32.3 Å². The van der Waals surface area contributed by atoms with Gasteiger partial charge in [-0.1, -0.05) is 0 Å². The Labute approximate surface area is 149 Å². The van der Waals surface area contributed by atoms with Crippen LogP contribution in [0.1, 0.15) is 37.8 Å². The van der Waals surface area contributed by atoms with Crippen molar-refractivity contribution >= 4 is 22.9 Å². The Morgan fingerprint density at radius 3 is 2.33 bits per heavy atom. The summed E-state index contributed by atoms with van der Waals surface area (Å²) in [5.74, 6) is -2.09. The van der Waals surface area contributed by atoms with Crippen LogP contribution < -0.4 is 5.32 Å². The first-order valence-corrected chi connectivity index (χ1v) is 8.02. The maximum atomic E-state index is 13.0. The highest BCUT2D eigenvalue weighted by Gasteiger charge is 2.56. The van der Waals surface area contributed by atoms with Crippen LogP contribution in [-0.4, -0.2) is 32.3 Å². The lowest BCUT2D eigenvalue weighted by Crippen LogP contribution is -2.52. The van der Waals surface area contributed by atoms with Gasteiger partial charge in [0, 0.05) is 6.04 Å². The van der Waals surface area contributed by atoms with Crippen LogP contribution in [0, 0.1) is 0 Å². The van der Waals surface area contributed by atoms with E-state index in [2.05, 4.69) is 4.98 Å². The number of halogens is 6. The van der Waals surface area contributed by atoms with E-state index in [4.69, 9.17) is 0 Å². The average molecular weight is 395 g/mol. The number of benzene rings is 1. The summed E-state index contributed by atoms with van der Waals surface area (Å²) in [6, 6.07) is 2.44. The number of carbonyl (C=O) groups excluding carboxylic acids is 1. The molecule has 11 heteroatoms. The van der Waals surface area contributed by atoms with Gasteiger partial charge < -0.3 is 9.67 Å². The van der Waals surface area contributed by atoms with Crippen LogP contribution in [0.5, 0.6) is 0 Å². The van der Waals surface area contributed by atoms with E-state index in [1.807, 2.05) is 5.32 Å². The molecule has 1 heterocycles. The van der Waals surface area contributed by atoms with Gasteiger partial charge in [0.15, 0.2) is 0 Å². The van der Waals surface area contributed by atoms with Crippen LogP contribution in [-0.2, 0) is 11.0 Å². The van der Waals surface area contributed by atoms with E-state index in [-0.39, 0.29) is 23.0 Å². The fourth-order valence-corrected chi connectivity index (χ4v) is 2.72. The molecule has 0 bridgehead atoms.